The van der Waals surface area contributed by atoms with Gasteiger partial charge < -0.3 is 0 Å². The van der Waals surface area contributed by atoms with Gasteiger partial charge in [0.15, 0.2) is 0 Å². The molecule has 7 nitrogen and oxygen atoms in total. The van der Waals surface area contributed by atoms with E-state index in [-0.39, 0.29) is 10.8 Å². The third-order valence-corrected chi connectivity index (χ3v) is 8.41. The van der Waals surface area contributed by atoms with Crippen molar-refractivity contribution in [2.75, 3.05) is 5.32 Å². The zero-order valence-corrected chi connectivity index (χ0v) is 21.7. The number of hydrogen-bond acceptors (Lipinski definition) is 6. The summed E-state index contributed by atoms with van der Waals surface area (Å²) in [5.41, 5.74) is 0.872. The van der Waals surface area contributed by atoms with E-state index in [1.54, 1.807) is 18.2 Å². The smallest absolute Gasteiger partial charge is 0.244 e. The summed E-state index contributed by atoms with van der Waals surface area (Å²) in [6, 6.07) is 19.1. The maximum Gasteiger partial charge on any atom is 0.244 e. The van der Waals surface area contributed by atoms with E-state index in [0.717, 1.165) is 20.8 Å². The lowest BCUT2D eigenvalue weighted by Gasteiger charge is -2.23. The second-order valence-corrected chi connectivity index (χ2v) is 11.5. The zero-order valence-electron chi connectivity index (χ0n) is 18.5. The first-order valence-electron chi connectivity index (χ1n) is 10.7. The van der Waals surface area contributed by atoms with E-state index < -0.39 is 22.0 Å². The van der Waals surface area contributed by atoms with Crippen LogP contribution in [0.1, 0.15) is 20.3 Å². The Morgan fingerprint density at radius 3 is 2.44 bits per heavy atom. The average Bonchev–Trinajstić information content (AvgIpc) is 3.30. The van der Waals surface area contributed by atoms with Crippen molar-refractivity contribution in [1.29, 1.82) is 0 Å². The molecular formula is C24H23BrN4O3S2. The van der Waals surface area contributed by atoms with Gasteiger partial charge in [0.25, 0.3) is 0 Å². The minimum Gasteiger partial charge on any atom is -0.299 e. The molecule has 0 aliphatic heterocycles. The molecule has 3 aromatic carbocycles. The summed E-state index contributed by atoms with van der Waals surface area (Å²) in [6.45, 7) is 3.74. The number of carbonyl (C=O) groups excluding carboxylic acids is 1. The van der Waals surface area contributed by atoms with Crippen LogP contribution in [0.5, 0.6) is 0 Å². The Morgan fingerprint density at radius 2 is 1.74 bits per heavy atom. The zero-order chi connectivity index (χ0) is 24.3. The van der Waals surface area contributed by atoms with Crippen LogP contribution >= 0.6 is 27.3 Å². The Labute approximate surface area is 210 Å². The van der Waals surface area contributed by atoms with Crippen LogP contribution in [0.25, 0.3) is 21.3 Å². The van der Waals surface area contributed by atoms with Crippen LogP contribution in [0.4, 0.5) is 5.13 Å². The number of rotatable bonds is 8. The molecule has 34 heavy (non-hydrogen) atoms. The maximum atomic E-state index is 13.2. The molecule has 0 radical (unpaired) electrons. The van der Waals surface area contributed by atoms with Crippen molar-refractivity contribution in [3.63, 3.8) is 0 Å². The third kappa shape index (κ3) is 5.52. The second kappa shape index (κ2) is 10.3. The minimum atomic E-state index is -3.93. The average molecular weight is 560 g/mol. The number of halogens is 1. The first-order chi connectivity index (χ1) is 16.3. The van der Waals surface area contributed by atoms with E-state index >= 15 is 0 Å². The largest absolute Gasteiger partial charge is 0.299 e. The Bertz CT molecular complexity index is 1420. The van der Waals surface area contributed by atoms with Crippen molar-refractivity contribution in [2.45, 2.75) is 31.2 Å². The Balaban J connectivity index is 1.54. The first-order valence-corrected chi connectivity index (χ1v) is 13.8. The Hall–Kier alpha value is -2.66. The summed E-state index contributed by atoms with van der Waals surface area (Å²) in [4.78, 5) is 13.2. The topological polar surface area (TPSA) is 101 Å². The van der Waals surface area contributed by atoms with Crippen molar-refractivity contribution in [1.82, 2.24) is 14.9 Å². The highest BCUT2D eigenvalue weighted by Crippen LogP contribution is 2.28. The first kappa shape index (κ1) is 24.5. The summed E-state index contributed by atoms with van der Waals surface area (Å²) in [5.74, 6) is -0.716. The third-order valence-electron chi connectivity index (χ3n) is 5.56. The molecule has 4 rings (SSSR count). The predicted octanol–water partition coefficient (Wildman–Crippen LogP) is 5.45. The quantitative estimate of drug-likeness (QED) is 0.299. The SMILES string of the molecule is CC[C@H](C)[C@H](NS(=O)(=O)c1ccc2ccccc2c1)C(=O)Nc1nnc(-c2ccc(Br)cc2)s1. The van der Waals surface area contributed by atoms with E-state index in [1.165, 1.54) is 11.3 Å². The number of aromatic nitrogens is 2. The number of fused-ring (bicyclic) bond motifs is 1. The molecule has 0 spiro atoms. The molecule has 0 aliphatic rings. The molecular weight excluding hydrogens is 536 g/mol. The standard InChI is InChI=1S/C24H23BrN4O3S2/c1-3-15(2)21(29-34(31,32)20-13-10-16-6-4-5-7-18(16)14-20)22(30)26-24-28-27-23(33-24)17-8-11-19(25)12-9-17/h4-15,21,29H,3H2,1-2H3,(H,26,28,30)/t15-,21-/m0/s1. The molecule has 0 saturated heterocycles. The number of nitrogens with zero attached hydrogens (tertiary/aromatic N) is 2. The van der Waals surface area contributed by atoms with Gasteiger partial charge in [-0.15, -0.1) is 10.2 Å². The highest BCUT2D eigenvalue weighted by Gasteiger charge is 2.30. The minimum absolute atomic E-state index is 0.112. The molecule has 2 N–H and O–H groups in total. The lowest BCUT2D eigenvalue weighted by atomic mass is 9.99. The monoisotopic (exact) mass is 558 g/mol. The van der Waals surface area contributed by atoms with Gasteiger partial charge in [-0.3, -0.25) is 10.1 Å². The van der Waals surface area contributed by atoms with E-state index in [1.807, 2.05) is 62.4 Å². The molecule has 0 unspecified atom stereocenters. The number of sulfonamides is 1. The number of carbonyl (C=O) groups is 1. The molecule has 0 bridgehead atoms. The highest BCUT2D eigenvalue weighted by molar-refractivity contribution is 9.10. The highest BCUT2D eigenvalue weighted by atomic mass is 79.9. The van der Waals surface area contributed by atoms with Crippen LogP contribution in [0.2, 0.25) is 0 Å². The summed E-state index contributed by atoms with van der Waals surface area (Å²) < 4.78 is 29.9. The fourth-order valence-corrected chi connectivity index (χ4v) is 5.75. The molecule has 0 fully saturated rings. The van der Waals surface area contributed by atoms with Crippen molar-refractivity contribution in [3.05, 3.63) is 71.2 Å². The molecule has 0 saturated carbocycles. The van der Waals surface area contributed by atoms with Gasteiger partial charge in [-0.25, -0.2) is 8.42 Å². The number of benzene rings is 3. The molecule has 2 atom stereocenters. The van der Waals surface area contributed by atoms with Gasteiger partial charge in [-0.2, -0.15) is 4.72 Å². The van der Waals surface area contributed by atoms with Gasteiger partial charge in [-0.05, 0) is 41.0 Å². The van der Waals surface area contributed by atoms with Crippen molar-refractivity contribution in [2.24, 2.45) is 5.92 Å². The number of hydrogen-bond donors (Lipinski definition) is 2. The lowest BCUT2D eigenvalue weighted by Crippen LogP contribution is -2.47. The van der Waals surface area contributed by atoms with E-state index in [0.29, 0.717) is 16.6 Å². The number of anilines is 1. The van der Waals surface area contributed by atoms with Crippen LogP contribution < -0.4 is 10.0 Å². The van der Waals surface area contributed by atoms with E-state index in [2.05, 4.69) is 36.2 Å². The van der Waals surface area contributed by atoms with Crippen LogP contribution in [0, 0.1) is 5.92 Å². The van der Waals surface area contributed by atoms with Gasteiger partial charge >= 0.3 is 0 Å². The van der Waals surface area contributed by atoms with E-state index in [4.69, 9.17) is 0 Å². The van der Waals surface area contributed by atoms with Crippen LogP contribution in [0.15, 0.2) is 76.1 Å². The van der Waals surface area contributed by atoms with Gasteiger partial charge in [0.1, 0.15) is 11.0 Å². The fourth-order valence-electron chi connectivity index (χ4n) is 3.40. The van der Waals surface area contributed by atoms with Crippen LogP contribution in [-0.4, -0.2) is 30.6 Å². The summed E-state index contributed by atoms with van der Waals surface area (Å²) in [7, 11) is -3.93. The van der Waals surface area contributed by atoms with Gasteiger partial charge in [0.05, 0.1) is 4.90 Å². The molecule has 4 aromatic rings. The van der Waals surface area contributed by atoms with Crippen molar-refractivity contribution >= 4 is 59.1 Å². The van der Waals surface area contributed by atoms with Gasteiger partial charge in [0.2, 0.25) is 21.1 Å². The maximum absolute atomic E-state index is 13.2. The molecule has 176 valence electrons. The van der Waals surface area contributed by atoms with E-state index in [9.17, 15) is 13.2 Å². The molecule has 0 aliphatic carbocycles. The number of amides is 1. The fraction of sp³-hybridized carbons (Fsp3) is 0.208. The summed E-state index contributed by atoms with van der Waals surface area (Å²) in [5, 5.41) is 13.6. The van der Waals surface area contributed by atoms with Crippen molar-refractivity contribution in [3.8, 4) is 10.6 Å². The summed E-state index contributed by atoms with van der Waals surface area (Å²) in [6.07, 6.45) is 0.610. The summed E-state index contributed by atoms with van der Waals surface area (Å²) >= 11 is 4.62. The van der Waals surface area contributed by atoms with Gasteiger partial charge in [0, 0.05) is 10.0 Å². The van der Waals surface area contributed by atoms with Crippen LogP contribution in [-0.2, 0) is 14.8 Å². The molecule has 1 amide bonds. The Kier molecular flexibility index (Phi) is 7.42. The molecule has 10 heteroatoms. The normalized spacial score (nSPS) is 13.5. The predicted molar refractivity (Wildman–Crippen MR) is 139 cm³/mol. The Morgan fingerprint density at radius 1 is 1.03 bits per heavy atom. The van der Waals surface area contributed by atoms with Gasteiger partial charge in [-0.1, -0.05) is 90.0 Å². The van der Waals surface area contributed by atoms with Crippen LogP contribution in [0.3, 0.4) is 0 Å². The molecule has 1 aromatic heterocycles. The second-order valence-electron chi connectivity index (χ2n) is 7.90. The van der Waals surface area contributed by atoms with Crippen molar-refractivity contribution < 1.29 is 13.2 Å². The lowest BCUT2D eigenvalue weighted by molar-refractivity contribution is -0.118. The molecule has 1 heterocycles. The number of nitrogens with one attached hydrogen (secondary N) is 2.